The Morgan fingerprint density at radius 3 is 2.77 bits per heavy atom. The highest BCUT2D eigenvalue weighted by Crippen LogP contribution is 2.36. The number of rotatable bonds is 5. The van der Waals surface area contributed by atoms with Crippen molar-refractivity contribution in [3.63, 3.8) is 0 Å². The van der Waals surface area contributed by atoms with Gasteiger partial charge in [0.2, 0.25) is 11.7 Å². The molecule has 3 heterocycles. The van der Waals surface area contributed by atoms with Crippen LogP contribution in [0.1, 0.15) is 19.3 Å². The fourth-order valence-corrected chi connectivity index (χ4v) is 3.68. The number of Topliss-reactive ketones (excluding diaryl/α,β-unsaturated/α-hetero) is 1. The van der Waals surface area contributed by atoms with Gasteiger partial charge < -0.3 is 9.15 Å². The second-order valence-electron chi connectivity index (χ2n) is 7.44. The molecule has 5 rings (SSSR count). The van der Waals surface area contributed by atoms with E-state index < -0.39 is 18.4 Å². The molecule has 1 aliphatic carbocycles. The summed E-state index contributed by atoms with van der Waals surface area (Å²) in [5.74, 6) is -1.04. The zero-order chi connectivity index (χ0) is 20.9. The second-order valence-corrected chi connectivity index (χ2v) is 7.44. The van der Waals surface area contributed by atoms with Crippen LogP contribution in [0.2, 0.25) is 0 Å². The Morgan fingerprint density at radius 2 is 2.00 bits per heavy atom. The van der Waals surface area contributed by atoms with Crippen LogP contribution in [0.4, 0.5) is 13.2 Å². The molecule has 0 aliphatic heterocycles. The highest BCUT2D eigenvalue weighted by molar-refractivity contribution is 5.84. The van der Waals surface area contributed by atoms with E-state index in [0.717, 1.165) is 11.0 Å². The number of ether oxygens (including phenoxy) is 1. The minimum absolute atomic E-state index is 0.265. The molecule has 0 bridgehead atoms. The molecule has 0 spiro atoms. The zero-order valence-corrected chi connectivity index (χ0v) is 15.6. The average Bonchev–Trinajstić information content (AvgIpc) is 3.28. The van der Waals surface area contributed by atoms with Gasteiger partial charge in [0.1, 0.15) is 17.4 Å². The summed E-state index contributed by atoms with van der Waals surface area (Å²) in [6.07, 6.45) is -3.09. The smallest absolute Gasteiger partial charge is 0.449 e. The monoisotopic (exact) mass is 415 g/mol. The number of aromatic nitrogens is 3. The summed E-state index contributed by atoms with van der Waals surface area (Å²) < 4.78 is 50.4. The first-order valence-electron chi connectivity index (χ1n) is 9.47. The number of halogens is 3. The summed E-state index contributed by atoms with van der Waals surface area (Å²) in [4.78, 5) is 15.4. The van der Waals surface area contributed by atoms with Gasteiger partial charge >= 0.3 is 6.18 Å². The number of hydrogen-bond donors (Lipinski definition) is 0. The lowest BCUT2D eigenvalue weighted by molar-refractivity contribution is -0.173. The summed E-state index contributed by atoms with van der Waals surface area (Å²) in [6, 6.07) is 13.0. The Balaban J connectivity index is 1.31. The van der Waals surface area contributed by atoms with E-state index >= 15 is 0 Å². The minimum atomic E-state index is -4.77. The number of benzene rings is 1. The number of furan rings is 1. The molecule has 3 aromatic heterocycles. The van der Waals surface area contributed by atoms with Gasteiger partial charge in [-0.2, -0.15) is 13.2 Å². The largest absolute Gasteiger partial charge is 0.473 e. The highest BCUT2D eigenvalue weighted by atomic mass is 19.4. The van der Waals surface area contributed by atoms with Crippen molar-refractivity contribution in [1.82, 2.24) is 14.6 Å². The van der Waals surface area contributed by atoms with Gasteiger partial charge in [-0.1, -0.05) is 18.2 Å². The molecule has 0 atom stereocenters. The lowest BCUT2D eigenvalue weighted by Crippen LogP contribution is -2.37. The molecule has 0 saturated heterocycles. The molecule has 1 fully saturated rings. The number of imidazole rings is 1. The quantitative estimate of drug-likeness (QED) is 0.467. The van der Waals surface area contributed by atoms with E-state index in [9.17, 15) is 18.0 Å². The number of ketones is 1. The third kappa shape index (κ3) is 3.40. The van der Waals surface area contributed by atoms with E-state index in [1.807, 2.05) is 30.3 Å². The van der Waals surface area contributed by atoms with Crippen molar-refractivity contribution in [2.45, 2.75) is 31.5 Å². The van der Waals surface area contributed by atoms with Crippen LogP contribution in [0.25, 0.3) is 28.1 Å². The van der Waals surface area contributed by atoms with Crippen LogP contribution < -0.4 is 4.74 Å². The maximum atomic E-state index is 12.4. The summed E-state index contributed by atoms with van der Waals surface area (Å²) in [5.41, 5.74) is 2.03. The highest BCUT2D eigenvalue weighted by Gasteiger charge is 2.42. The summed E-state index contributed by atoms with van der Waals surface area (Å²) in [7, 11) is 0. The third-order valence-electron chi connectivity index (χ3n) is 5.29. The van der Waals surface area contributed by atoms with E-state index in [2.05, 4.69) is 10.1 Å². The Bertz CT molecular complexity index is 1210. The molecule has 0 N–H and O–H groups in total. The summed E-state index contributed by atoms with van der Waals surface area (Å²) in [5, 5.41) is 5.42. The van der Waals surface area contributed by atoms with Gasteiger partial charge in [-0.15, -0.1) is 5.10 Å². The van der Waals surface area contributed by atoms with Gasteiger partial charge in [0, 0.05) is 17.9 Å². The first kappa shape index (κ1) is 18.7. The molecular formula is C21H16F3N3O3. The van der Waals surface area contributed by atoms with Crippen LogP contribution in [-0.2, 0) is 4.79 Å². The Kier molecular flexibility index (Phi) is 4.27. The fraction of sp³-hybridized carbons (Fsp3) is 0.286. The van der Waals surface area contributed by atoms with Crippen molar-refractivity contribution in [2.24, 2.45) is 5.92 Å². The third-order valence-corrected chi connectivity index (χ3v) is 5.29. The van der Waals surface area contributed by atoms with Crippen LogP contribution in [0.5, 0.6) is 5.88 Å². The van der Waals surface area contributed by atoms with E-state index in [1.165, 1.54) is 0 Å². The number of carbonyl (C=O) groups excluding carboxylic acids is 1. The average molecular weight is 415 g/mol. The molecule has 0 radical (unpaired) electrons. The van der Waals surface area contributed by atoms with Gasteiger partial charge in [-0.05, 0) is 37.0 Å². The summed E-state index contributed by atoms with van der Waals surface area (Å²) in [6.45, 7) is 0. The van der Waals surface area contributed by atoms with E-state index in [-0.39, 0.29) is 12.0 Å². The van der Waals surface area contributed by atoms with Gasteiger partial charge in [-0.25, -0.2) is 9.50 Å². The molecule has 154 valence electrons. The molecule has 1 aliphatic rings. The van der Waals surface area contributed by atoms with Crippen molar-refractivity contribution in [1.29, 1.82) is 0 Å². The van der Waals surface area contributed by atoms with Crippen LogP contribution in [0.15, 0.2) is 53.1 Å². The number of fused-ring (bicyclic) bond motifs is 2. The fourth-order valence-electron chi connectivity index (χ4n) is 3.68. The predicted octanol–water partition coefficient (Wildman–Crippen LogP) is 4.82. The number of para-hydroxylation sites is 1. The van der Waals surface area contributed by atoms with Gasteiger partial charge in [0.05, 0.1) is 6.20 Å². The Hall–Kier alpha value is -3.36. The summed E-state index contributed by atoms with van der Waals surface area (Å²) >= 11 is 0. The number of alkyl halides is 3. The SMILES string of the molecule is O=C(CC1CC(Oc2ccc3ncc(-c4cc5ccccc5o4)n3n2)C1)C(F)(F)F. The second kappa shape index (κ2) is 6.86. The number of carbonyl (C=O) groups is 1. The molecule has 30 heavy (non-hydrogen) atoms. The molecule has 0 amide bonds. The van der Waals surface area contributed by atoms with Crippen molar-refractivity contribution >= 4 is 22.4 Å². The Morgan fingerprint density at radius 1 is 1.20 bits per heavy atom. The van der Waals surface area contributed by atoms with Gasteiger partial charge in [0.25, 0.3) is 0 Å². The van der Waals surface area contributed by atoms with Crippen LogP contribution in [0, 0.1) is 5.92 Å². The molecule has 4 aromatic rings. The first-order chi connectivity index (χ1) is 14.4. The van der Waals surface area contributed by atoms with Crippen molar-refractivity contribution in [3.05, 3.63) is 48.7 Å². The zero-order valence-electron chi connectivity index (χ0n) is 15.6. The van der Waals surface area contributed by atoms with Crippen LogP contribution in [-0.4, -0.2) is 32.7 Å². The minimum Gasteiger partial charge on any atom is -0.473 e. The van der Waals surface area contributed by atoms with Gasteiger partial charge in [0.15, 0.2) is 11.4 Å². The van der Waals surface area contributed by atoms with Crippen LogP contribution in [0.3, 0.4) is 0 Å². The van der Waals surface area contributed by atoms with E-state index in [4.69, 9.17) is 9.15 Å². The molecule has 0 unspecified atom stereocenters. The predicted molar refractivity (Wildman–Crippen MR) is 101 cm³/mol. The topological polar surface area (TPSA) is 69.6 Å². The van der Waals surface area contributed by atoms with E-state index in [0.29, 0.717) is 35.8 Å². The molecule has 6 nitrogen and oxygen atoms in total. The molecule has 9 heteroatoms. The standard InChI is InChI=1S/C21H16F3N3O3/c22-21(23,24)18(28)9-12-7-14(8-12)29-20-6-5-19-25-11-15(27(19)26-20)17-10-13-3-1-2-4-16(13)30-17/h1-6,10-12,14H,7-9H2. The molecule has 1 saturated carbocycles. The van der Waals surface area contributed by atoms with E-state index in [1.54, 1.807) is 22.8 Å². The normalized spacial score (nSPS) is 19.2. The van der Waals surface area contributed by atoms with Crippen molar-refractivity contribution in [3.8, 4) is 17.3 Å². The Labute approximate surface area is 168 Å². The maximum Gasteiger partial charge on any atom is 0.449 e. The number of hydrogen-bond acceptors (Lipinski definition) is 5. The first-order valence-corrected chi connectivity index (χ1v) is 9.47. The lowest BCUT2D eigenvalue weighted by atomic mass is 9.79. The van der Waals surface area contributed by atoms with Crippen LogP contribution >= 0.6 is 0 Å². The van der Waals surface area contributed by atoms with Gasteiger partial charge in [-0.3, -0.25) is 4.79 Å². The maximum absolute atomic E-state index is 12.4. The number of nitrogens with zero attached hydrogens (tertiary/aromatic N) is 3. The molecular weight excluding hydrogens is 399 g/mol. The molecule has 1 aromatic carbocycles. The lowest BCUT2D eigenvalue weighted by Gasteiger charge is -2.34. The van der Waals surface area contributed by atoms with Crippen molar-refractivity contribution < 1.29 is 27.1 Å². The van der Waals surface area contributed by atoms with Crippen molar-refractivity contribution in [2.75, 3.05) is 0 Å².